The molecule has 0 aliphatic carbocycles. The highest BCUT2D eigenvalue weighted by Gasteiger charge is 2.22. The number of rotatable bonds is 6. The molecule has 51 heavy (non-hydrogen) atoms. The van der Waals surface area contributed by atoms with Crippen molar-refractivity contribution in [3.05, 3.63) is 182 Å². The predicted molar refractivity (Wildman–Crippen MR) is 209 cm³/mol. The molecule has 5 nitrogen and oxygen atoms in total. The summed E-state index contributed by atoms with van der Waals surface area (Å²) in [5.41, 5.74) is 11.3. The summed E-state index contributed by atoms with van der Waals surface area (Å²) in [5.74, 6) is 0.590. The minimum absolute atomic E-state index is 0.590. The first-order valence-electron chi connectivity index (χ1n) is 17.1. The van der Waals surface area contributed by atoms with Crippen LogP contribution in [0.4, 0.5) is 17.3 Å². The summed E-state index contributed by atoms with van der Waals surface area (Å²) in [5, 5.41) is 4.54. The van der Waals surface area contributed by atoms with Crippen molar-refractivity contribution in [1.82, 2.24) is 14.5 Å². The van der Waals surface area contributed by atoms with Crippen molar-refractivity contribution >= 4 is 61.1 Å². The van der Waals surface area contributed by atoms with Gasteiger partial charge in [-0.05, 0) is 71.3 Å². The molecule has 5 heteroatoms. The molecule has 0 saturated carbocycles. The van der Waals surface area contributed by atoms with Crippen LogP contribution in [0.15, 0.2) is 187 Å². The van der Waals surface area contributed by atoms with Crippen molar-refractivity contribution in [2.75, 3.05) is 4.90 Å². The molecule has 0 unspecified atom stereocenters. The van der Waals surface area contributed by atoms with Crippen LogP contribution >= 0.6 is 0 Å². The summed E-state index contributed by atoms with van der Waals surface area (Å²) in [4.78, 5) is 12.0. The van der Waals surface area contributed by atoms with E-state index < -0.39 is 0 Å². The molecule has 0 N–H and O–H groups in total. The maximum absolute atomic E-state index is 6.37. The van der Waals surface area contributed by atoms with Crippen LogP contribution in [0.5, 0.6) is 0 Å². The molecule has 0 fully saturated rings. The third-order valence-corrected chi connectivity index (χ3v) is 9.70. The second-order valence-corrected chi connectivity index (χ2v) is 12.7. The summed E-state index contributed by atoms with van der Waals surface area (Å²) < 4.78 is 8.74. The lowest BCUT2D eigenvalue weighted by Gasteiger charge is -2.24. The van der Waals surface area contributed by atoms with Crippen molar-refractivity contribution < 1.29 is 4.42 Å². The molecule has 0 bridgehead atoms. The zero-order valence-electron chi connectivity index (χ0n) is 27.5. The van der Waals surface area contributed by atoms with Crippen molar-refractivity contribution in [2.45, 2.75) is 0 Å². The fraction of sp³-hybridized carbons (Fsp3) is 0. The first-order valence-corrected chi connectivity index (χ1v) is 17.1. The number of nitrogens with zero attached hydrogens (tertiary/aromatic N) is 4. The van der Waals surface area contributed by atoms with E-state index in [0.29, 0.717) is 5.95 Å². The van der Waals surface area contributed by atoms with Crippen molar-refractivity contribution in [1.29, 1.82) is 0 Å². The molecule has 0 radical (unpaired) electrons. The monoisotopic (exact) mass is 654 g/mol. The Morgan fingerprint density at radius 3 is 1.76 bits per heavy atom. The van der Waals surface area contributed by atoms with E-state index in [1.54, 1.807) is 0 Å². The lowest BCUT2D eigenvalue weighted by atomic mass is 10.0. The number of furan rings is 1. The van der Waals surface area contributed by atoms with Crippen LogP contribution in [-0.2, 0) is 0 Å². The first-order chi connectivity index (χ1) is 25.3. The minimum Gasteiger partial charge on any atom is -0.456 e. The third-order valence-electron chi connectivity index (χ3n) is 9.70. The van der Waals surface area contributed by atoms with Gasteiger partial charge in [0.15, 0.2) is 0 Å². The Morgan fingerprint density at radius 1 is 0.451 bits per heavy atom. The second kappa shape index (κ2) is 11.9. The van der Waals surface area contributed by atoms with Gasteiger partial charge in [-0.3, -0.25) is 4.90 Å². The normalized spacial score (nSPS) is 11.5. The van der Waals surface area contributed by atoms with Gasteiger partial charge >= 0.3 is 0 Å². The highest BCUT2D eigenvalue weighted by atomic mass is 16.3. The molecule has 7 aromatic carbocycles. The lowest BCUT2D eigenvalue weighted by Crippen LogP contribution is -2.13. The van der Waals surface area contributed by atoms with Gasteiger partial charge < -0.3 is 8.98 Å². The molecule has 0 saturated heterocycles. The number of anilines is 3. The Labute approximate surface area is 294 Å². The van der Waals surface area contributed by atoms with Crippen LogP contribution in [0, 0.1) is 0 Å². The highest BCUT2D eigenvalue weighted by Crippen LogP contribution is 2.43. The largest absolute Gasteiger partial charge is 0.456 e. The van der Waals surface area contributed by atoms with Crippen molar-refractivity contribution in [3.63, 3.8) is 0 Å². The fourth-order valence-electron chi connectivity index (χ4n) is 7.32. The Balaban J connectivity index is 1.21. The third kappa shape index (κ3) is 4.86. The quantitative estimate of drug-likeness (QED) is 0.179. The van der Waals surface area contributed by atoms with E-state index >= 15 is 0 Å². The molecule has 10 rings (SSSR count). The summed E-state index contributed by atoms with van der Waals surface area (Å²) in [6.45, 7) is 0. The van der Waals surface area contributed by atoms with E-state index in [4.69, 9.17) is 14.4 Å². The van der Waals surface area contributed by atoms with E-state index in [-0.39, 0.29) is 0 Å². The number of hydrogen-bond acceptors (Lipinski definition) is 4. The standard InChI is InChI=1S/C46H30N4O/c1-4-12-31(13-5-1)33-20-22-36(23-21-33)49(46-47-29-34(30-48-46)32-14-6-2-7-15-32)37-24-25-38-39-26-27-43-44(40-18-10-11-19-42(40)51-43)45(39)50(41(38)28-37)35-16-8-3-9-17-35/h1-30H. The van der Waals surface area contributed by atoms with Gasteiger partial charge in [0, 0.05) is 45.5 Å². The summed E-state index contributed by atoms with van der Waals surface area (Å²) in [7, 11) is 0. The molecule has 10 aromatic rings. The molecule has 3 aromatic heterocycles. The van der Waals surface area contributed by atoms with Crippen LogP contribution in [0.1, 0.15) is 0 Å². The van der Waals surface area contributed by atoms with Crippen LogP contribution in [0.3, 0.4) is 0 Å². The van der Waals surface area contributed by atoms with Crippen LogP contribution in [-0.4, -0.2) is 14.5 Å². The fourth-order valence-corrected chi connectivity index (χ4v) is 7.32. The van der Waals surface area contributed by atoms with E-state index in [2.05, 4.69) is 143 Å². The van der Waals surface area contributed by atoms with Gasteiger partial charge in [0.05, 0.1) is 22.1 Å². The molecule has 240 valence electrons. The van der Waals surface area contributed by atoms with Gasteiger partial charge in [-0.15, -0.1) is 0 Å². The number of aromatic nitrogens is 3. The topological polar surface area (TPSA) is 47.1 Å². The molecular weight excluding hydrogens is 625 g/mol. The Kier molecular flexibility index (Phi) is 6.74. The van der Waals surface area contributed by atoms with Gasteiger partial charge in [0.1, 0.15) is 11.2 Å². The Hall–Kier alpha value is -6.98. The zero-order chi connectivity index (χ0) is 33.7. The van der Waals surface area contributed by atoms with Crippen molar-refractivity contribution in [2.24, 2.45) is 0 Å². The van der Waals surface area contributed by atoms with Crippen LogP contribution in [0.25, 0.3) is 71.7 Å². The summed E-state index contributed by atoms with van der Waals surface area (Å²) in [6, 6.07) is 59.1. The van der Waals surface area contributed by atoms with Gasteiger partial charge in [0.25, 0.3) is 0 Å². The second-order valence-electron chi connectivity index (χ2n) is 12.7. The van der Waals surface area contributed by atoms with E-state index in [0.717, 1.165) is 72.1 Å². The summed E-state index contributed by atoms with van der Waals surface area (Å²) in [6.07, 6.45) is 3.81. The number of benzene rings is 7. The molecular formula is C46H30N4O. The molecule has 0 spiro atoms. The molecule has 3 heterocycles. The SMILES string of the molecule is c1ccc(-c2ccc(N(c3ccc4c5ccc6oc7ccccc7c6c5n(-c5ccccc5)c4c3)c3ncc(-c4ccccc4)cn3)cc2)cc1. The Morgan fingerprint density at radius 2 is 1.04 bits per heavy atom. The molecule has 0 atom stereocenters. The number of hydrogen-bond donors (Lipinski definition) is 0. The maximum atomic E-state index is 6.37. The Bertz CT molecular complexity index is 2740. The van der Waals surface area contributed by atoms with Gasteiger partial charge in [-0.25, -0.2) is 9.97 Å². The molecule has 0 amide bonds. The zero-order valence-corrected chi connectivity index (χ0v) is 27.5. The average Bonchev–Trinajstić information content (AvgIpc) is 3.75. The molecule has 0 aliphatic heterocycles. The average molecular weight is 655 g/mol. The van der Waals surface area contributed by atoms with Crippen LogP contribution in [0.2, 0.25) is 0 Å². The predicted octanol–water partition coefficient (Wildman–Crippen LogP) is 12.3. The van der Waals surface area contributed by atoms with Crippen LogP contribution < -0.4 is 4.90 Å². The van der Waals surface area contributed by atoms with Gasteiger partial charge in [-0.1, -0.05) is 115 Å². The van der Waals surface area contributed by atoms with Gasteiger partial charge in [-0.2, -0.15) is 0 Å². The highest BCUT2D eigenvalue weighted by molar-refractivity contribution is 6.24. The van der Waals surface area contributed by atoms with Gasteiger partial charge in [0.2, 0.25) is 5.95 Å². The summed E-state index contributed by atoms with van der Waals surface area (Å²) >= 11 is 0. The number of para-hydroxylation sites is 2. The maximum Gasteiger partial charge on any atom is 0.234 e. The minimum atomic E-state index is 0.590. The van der Waals surface area contributed by atoms with Crippen molar-refractivity contribution in [3.8, 4) is 27.9 Å². The van der Waals surface area contributed by atoms with E-state index in [1.807, 2.05) is 48.8 Å². The smallest absolute Gasteiger partial charge is 0.234 e. The first kappa shape index (κ1) is 29.0. The lowest BCUT2D eigenvalue weighted by molar-refractivity contribution is 0.669. The van der Waals surface area contributed by atoms with E-state index in [1.165, 1.54) is 10.9 Å². The molecule has 0 aliphatic rings. The number of fused-ring (bicyclic) bond motifs is 7. The van der Waals surface area contributed by atoms with E-state index in [9.17, 15) is 0 Å².